The minimum absolute atomic E-state index is 0.402. The number of aryl methyl sites for hydroxylation is 1. The number of amides is 3. The third kappa shape index (κ3) is 3.65. The van der Waals surface area contributed by atoms with Gasteiger partial charge in [-0.1, -0.05) is 13.0 Å². The molecule has 0 heterocycles. The van der Waals surface area contributed by atoms with Crippen LogP contribution in [0.15, 0.2) is 18.2 Å². The molecule has 0 saturated carbocycles. The van der Waals surface area contributed by atoms with Crippen molar-refractivity contribution in [1.82, 2.24) is 5.32 Å². The van der Waals surface area contributed by atoms with Crippen molar-refractivity contribution in [3.63, 3.8) is 0 Å². The molecule has 18 heavy (non-hydrogen) atoms. The molecule has 0 aromatic heterocycles. The summed E-state index contributed by atoms with van der Waals surface area (Å²) in [4.78, 5) is 21.9. The van der Waals surface area contributed by atoms with Gasteiger partial charge in [0, 0.05) is 0 Å². The zero-order valence-electron chi connectivity index (χ0n) is 10.4. The lowest BCUT2D eigenvalue weighted by Crippen LogP contribution is -2.42. The average molecular weight is 251 g/mol. The van der Waals surface area contributed by atoms with Crippen LogP contribution in [0.4, 0.5) is 10.5 Å². The van der Waals surface area contributed by atoms with E-state index in [1.165, 1.54) is 6.92 Å². The number of nitrogens with two attached hydrogens (primary N) is 2. The number of rotatable bonds is 4. The second-order valence-corrected chi connectivity index (χ2v) is 3.84. The molecule has 98 valence electrons. The van der Waals surface area contributed by atoms with Crippen LogP contribution in [0.25, 0.3) is 0 Å². The molecule has 3 amide bonds. The lowest BCUT2D eigenvalue weighted by atomic mass is 10.1. The molecular weight excluding hydrogens is 234 g/mol. The Morgan fingerprint density at radius 2 is 2.11 bits per heavy atom. The Bertz CT molecular complexity index is 460. The number of benzene rings is 1. The molecule has 1 aromatic rings. The Balaban J connectivity index is 2.72. The first-order chi connectivity index (χ1) is 8.43. The van der Waals surface area contributed by atoms with Crippen molar-refractivity contribution in [3.05, 3.63) is 23.8 Å². The van der Waals surface area contributed by atoms with Crippen molar-refractivity contribution < 1.29 is 14.3 Å². The quantitative estimate of drug-likeness (QED) is 0.687. The van der Waals surface area contributed by atoms with Gasteiger partial charge >= 0.3 is 6.03 Å². The molecule has 1 aromatic carbocycles. The summed E-state index contributed by atoms with van der Waals surface area (Å²) in [6.07, 6.45) is 0.00892. The molecule has 0 bridgehead atoms. The van der Waals surface area contributed by atoms with E-state index in [0.717, 1.165) is 12.0 Å². The summed E-state index contributed by atoms with van der Waals surface area (Å²) in [6, 6.07) is 4.44. The molecule has 0 aliphatic rings. The first kappa shape index (κ1) is 13.8. The Morgan fingerprint density at radius 3 is 2.61 bits per heavy atom. The van der Waals surface area contributed by atoms with Crippen molar-refractivity contribution in [2.24, 2.45) is 5.73 Å². The Labute approximate surface area is 105 Å². The van der Waals surface area contributed by atoms with E-state index in [4.69, 9.17) is 16.2 Å². The number of anilines is 1. The second-order valence-electron chi connectivity index (χ2n) is 3.84. The van der Waals surface area contributed by atoms with Crippen LogP contribution in [-0.4, -0.2) is 18.0 Å². The number of nitrogens with one attached hydrogen (secondary N) is 1. The van der Waals surface area contributed by atoms with E-state index in [0.29, 0.717) is 11.4 Å². The van der Waals surface area contributed by atoms with E-state index in [1.54, 1.807) is 12.1 Å². The van der Waals surface area contributed by atoms with Crippen LogP contribution in [0.2, 0.25) is 0 Å². The van der Waals surface area contributed by atoms with Crippen LogP contribution in [0, 0.1) is 0 Å². The van der Waals surface area contributed by atoms with Crippen LogP contribution in [0.1, 0.15) is 19.4 Å². The highest BCUT2D eigenvalue weighted by Crippen LogP contribution is 2.23. The molecule has 5 N–H and O–H groups in total. The van der Waals surface area contributed by atoms with Gasteiger partial charge in [0.25, 0.3) is 5.91 Å². The Hall–Kier alpha value is -2.24. The monoisotopic (exact) mass is 251 g/mol. The second kappa shape index (κ2) is 5.90. The summed E-state index contributed by atoms with van der Waals surface area (Å²) in [7, 11) is 0. The third-order valence-electron chi connectivity index (χ3n) is 2.40. The largest absolute Gasteiger partial charge is 0.479 e. The first-order valence-electron chi connectivity index (χ1n) is 5.59. The van der Waals surface area contributed by atoms with Crippen LogP contribution in [0.3, 0.4) is 0 Å². The van der Waals surface area contributed by atoms with E-state index in [1.807, 2.05) is 18.3 Å². The predicted octanol–water partition coefficient (Wildman–Crippen LogP) is 0.793. The first-order valence-corrected chi connectivity index (χ1v) is 5.59. The van der Waals surface area contributed by atoms with Gasteiger partial charge in [-0.3, -0.25) is 10.1 Å². The van der Waals surface area contributed by atoms with Gasteiger partial charge < -0.3 is 16.2 Å². The average Bonchev–Trinajstić information content (AvgIpc) is 2.30. The van der Waals surface area contributed by atoms with E-state index >= 15 is 0 Å². The number of carbonyl (C=O) groups is 2. The van der Waals surface area contributed by atoms with Gasteiger partial charge in [-0.25, -0.2) is 4.79 Å². The molecule has 0 aliphatic carbocycles. The van der Waals surface area contributed by atoms with Crippen LogP contribution < -0.4 is 21.5 Å². The highest BCUT2D eigenvalue weighted by Gasteiger charge is 2.17. The summed E-state index contributed by atoms with van der Waals surface area (Å²) in [5, 5.41) is 1.94. The van der Waals surface area contributed by atoms with Crippen molar-refractivity contribution >= 4 is 17.6 Å². The van der Waals surface area contributed by atoms with Crippen molar-refractivity contribution in [1.29, 1.82) is 0 Å². The van der Waals surface area contributed by atoms with Gasteiger partial charge in [-0.05, 0) is 31.0 Å². The summed E-state index contributed by atoms with van der Waals surface area (Å²) >= 11 is 0. The van der Waals surface area contributed by atoms with Gasteiger partial charge in [-0.2, -0.15) is 0 Å². The highest BCUT2D eigenvalue weighted by molar-refractivity contribution is 5.95. The summed E-state index contributed by atoms with van der Waals surface area (Å²) in [6.45, 7) is 3.52. The van der Waals surface area contributed by atoms with E-state index in [2.05, 4.69) is 0 Å². The zero-order valence-corrected chi connectivity index (χ0v) is 10.4. The molecule has 0 spiro atoms. The lowest BCUT2D eigenvalue weighted by Gasteiger charge is -2.15. The minimum atomic E-state index is -0.912. The number of ether oxygens (including phenoxy) is 1. The number of hydrogen-bond acceptors (Lipinski definition) is 4. The summed E-state index contributed by atoms with van der Waals surface area (Å²) in [5.74, 6) is -0.208. The van der Waals surface area contributed by atoms with Crippen molar-refractivity contribution in [2.75, 3.05) is 5.73 Å². The topological polar surface area (TPSA) is 107 Å². The number of primary amides is 1. The molecule has 0 fully saturated rings. The lowest BCUT2D eigenvalue weighted by molar-refractivity contribution is -0.126. The van der Waals surface area contributed by atoms with Crippen molar-refractivity contribution in [2.45, 2.75) is 26.4 Å². The van der Waals surface area contributed by atoms with Gasteiger partial charge in [0.15, 0.2) is 6.10 Å². The molecule has 0 radical (unpaired) electrons. The highest BCUT2D eigenvalue weighted by atomic mass is 16.5. The number of urea groups is 1. The summed E-state index contributed by atoms with van der Waals surface area (Å²) < 4.78 is 5.36. The van der Waals surface area contributed by atoms with Crippen LogP contribution in [-0.2, 0) is 11.2 Å². The molecular formula is C12H17N3O3. The SMILES string of the molecule is CCc1ccc(OC(C)C(=O)NC(N)=O)c(N)c1. The molecule has 6 nitrogen and oxygen atoms in total. The fraction of sp³-hybridized carbons (Fsp3) is 0.333. The number of carbonyl (C=O) groups excluding carboxylic acids is 2. The third-order valence-corrected chi connectivity index (χ3v) is 2.40. The van der Waals surface area contributed by atoms with Gasteiger partial charge in [0.1, 0.15) is 5.75 Å². The van der Waals surface area contributed by atoms with E-state index in [-0.39, 0.29) is 0 Å². The maximum absolute atomic E-state index is 11.4. The number of imide groups is 1. The smallest absolute Gasteiger partial charge is 0.318 e. The Morgan fingerprint density at radius 1 is 1.44 bits per heavy atom. The fourth-order valence-corrected chi connectivity index (χ4v) is 1.39. The van der Waals surface area contributed by atoms with E-state index < -0.39 is 18.0 Å². The normalized spacial score (nSPS) is 11.7. The molecule has 0 aliphatic heterocycles. The standard InChI is InChI=1S/C12H17N3O3/c1-3-8-4-5-10(9(13)6-8)18-7(2)11(16)15-12(14)17/h4-7H,3,13H2,1-2H3,(H3,14,15,16,17). The van der Waals surface area contributed by atoms with Gasteiger partial charge in [-0.15, -0.1) is 0 Å². The van der Waals surface area contributed by atoms with Crippen LogP contribution in [0.5, 0.6) is 5.75 Å². The van der Waals surface area contributed by atoms with Crippen LogP contribution >= 0.6 is 0 Å². The fourth-order valence-electron chi connectivity index (χ4n) is 1.39. The Kier molecular flexibility index (Phi) is 4.53. The molecule has 1 unspecified atom stereocenters. The predicted molar refractivity (Wildman–Crippen MR) is 68.0 cm³/mol. The molecule has 1 atom stereocenters. The van der Waals surface area contributed by atoms with E-state index in [9.17, 15) is 9.59 Å². The molecule has 1 rings (SSSR count). The minimum Gasteiger partial charge on any atom is -0.479 e. The molecule has 6 heteroatoms. The molecule has 0 saturated heterocycles. The van der Waals surface area contributed by atoms with Gasteiger partial charge in [0.05, 0.1) is 5.69 Å². The number of hydrogen-bond donors (Lipinski definition) is 3. The van der Waals surface area contributed by atoms with Gasteiger partial charge in [0.2, 0.25) is 0 Å². The maximum atomic E-state index is 11.4. The maximum Gasteiger partial charge on any atom is 0.318 e. The van der Waals surface area contributed by atoms with Crippen molar-refractivity contribution in [3.8, 4) is 5.75 Å². The zero-order chi connectivity index (χ0) is 13.7. The summed E-state index contributed by atoms with van der Waals surface area (Å²) in [5.41, 5.74) is 12.2. The number of nitrogen functional groups attached to an aromatic ring is 1.